The molecule has 0 saturated carbocycles. The molecule has 2 aromatic rings. The van der Waals surface area contributed by atoms with Crippen molar-refractivity contribution >= 4 is 0 Å². The van der Waals surface area contributed by atoms with Crippen molar-refractivity contribution in [3.05, 3.63) is 53.7 Å². The highest BCUT2D eigenvalue weighted by Gasteiger charge is 2.41. The van der Waals surface area contributed by atoms with E-state index in [9.17, 15) is 0 Å². The summed E-state index contributed by atoms with van der Waals surface area (Å²) in [6.07, 6.45) is 5.88. The Morgan fingerprint density at radius 2 is 1.92 bits per heavy atom. The molecule has 2 aliphatic rings. The molecule has 2 fully saturated rings. The highest BCUT2D eigenvalue weighted by molar-refractivity contribution is 5.07. The third-order valence-electron chi connectivity index (χ3n) is 5.55. The first-order valence-corrected chi connectivity index (χ1v) is 9.11. The monoisotopic (exact) mass is 325 g/mol. The number of likely N-dealkylation sites (tertiary alicyclic amines) is 2. The fraction of sp³-hybridized carbons (Fsp3) is 0.550. The molecule has 4 heteroatoms. The van der Waals surface area contributed by atoms with Crippen LogP contribution in [-0.2, 0) is 13.1 Å². The van der Waals surface area contributed by atoms with Crippen LogP contribution in [0.5, 0.6) is 0 Å². The molecule has 0 amide bonds. The molecule has 0 radical (unpaired) electrons. The van der Waals surface area contributed by atoms with Gasteiger partial charge in [0.2, 0.25) is 0 Å². The number of furan rings is 1. The van der Waals surface area contributed by atoms with Crippen molar-refractivity contribution in [3.8, 4) is 0 Å². The summed E-state index contributed by atoms with van der Waals surface area (Å²) in [6, 6.07) is 10.4. The Bertz CT molecular complexity index is 669. The Balaban J connectivity index is 1.36. The lowest BCUT2D eigenvalue weighted by Gasteiger charge is -2.40. The smallest absolute Gasteiger partial charge is 0.118 e. The summed E-state index contributed by atoms with van der Waals surface area (Å²) in [7, 11) is 0. The van der Waals surface area contributed by atoms with E-state index in [0.717, 1.165) is 24.6 Å². The summed E-state index contributed by atoms with van der Waals surface area (Å²) in [5.74, 6) is 2.11. The number of aryl methyl sites for hydroxylation is 1. The Hall–Kier alpha value is -1.65. The van der Waals surface area contributed by atoms with Gasteiger partial charge in [0, 0.05) is 25.8 Å². The molecule has 4 rings (SSSR count). The normalized spacial score (nSPS) is 25.5. The van der Waals surface area contributed by atoms with Crippen LogP contribution in [0.15, 0.2) is 40.9 Å². The fourth-order valence-corrected chi connectivity index (χ4v) is 4.45. The molecule has 0 aromatic carbocycles. The van der Waals surface area contributed by atoms with Crippen molar-refractivity contribution in [2.24, 2.45) is 5.41 Å². The summed E-state index contributed by atoms with van der Waals surface area (Å²) in [6.45, 7) is 8.76. The molecule has 128 valence electrons. The van der Waals surface area contributed by atoms with Crippen LogP contribution in [0.4, 0.5) is 0 Å². The molecule has 4 nitrogen and oxygen atoms in total. The summed E-state index contributed by atoms with van der Waals surface area (Å²) in [5, 5.41) is 0. The zero-order valence-corrected chi connectivity index (χ0v) is 14.6. The van der Waals surface area contributed by atoms with Gasteiger partial charge >= 0.3 is 0 Å². The third-order valence-corrected chi connectivity index (χ3v) is 5.55. The van der Waals surface area contributed by atoms with Crippen molar-refractivity contribution in [2.75, 3.05) is 26.2 Å². The molecular formula is C20H27N3O. The van der Waals surface area contributed by atoms with E-state index in [1.807, 2.05) is 19.2 Å². The van der Waals surface area contributed by atoms with Crippen molar-refractivity contribution in [1.29, 1.82) is 0 Å². The third kappa shape index (κ3) is 3.55. The Morgan fingerprint density at radius 3 is 2.67 bits per heavy atom. The maximum Gasteiger partial charge on any atom is 0.118 e. The van der Waals surface area contributed by atoms with E-state index in [1.165, 1.54) is 51.1 Å². The van der Waals surface area contributed by atoms with Gasteiger partial charge < -0.3 is 4.42 Å². The molecule has 0 unspecified atom stereocenters. The molecule has 2 aromatic heterocycles. The van der Waals surface area contributed by atoms with E-state index in [4.69, 9.17) is 4.42 Å². The molecule has 4 heterocycles. The average molecular weight is 325 g/mol. The first-order valence-electron chi connectivity index (χ1n) is 9.11. The Labute approximate surface area is 144 Å². The van der Waals surface area contributed by atoms with Gasteiger partial charge in [-0.25, -0.2) is 0 Å². The zero-order chi connectivity index (χ0) is 16.4. The van der Waals surface area contributed by atoms with E-state index in [1.54, 1.807) is 0 Å². The minimum Gasteiger partial charge on any atom is -0.465 e. The molecule has 1 spiro atoms. The predicted molar refractivity (Wildman–Crippen MR) is 94.5 cm³/mol. The molecule has 1 atom stereocenters. The van der Waals surface area contributed by atoms with E-state index >= 15 is 0 Å². The number of nitrogens with zero attached hydrogens (tertiary/aromatic N) is 3. The van der Waals surface area contributed by atoms with Crippen LogP contribution >= 0.6 is 0 Å². The van der Waals surface area contributed by atoms with Gasteiger partial charge in [-0.15, -0.1) is 0 Å². The number of rotatable bonds is 4. The molecule has 0 bridgehead atoms. The SMILES string of the molecule is Cc1ccc(CN2CC[C@]3(CCCN(Cc4ccccn4)C3)C2)o1. The highest BCUT2D eigenvalue weighted by atomic mass is 16.3. The lowest BCUT2D eigenvalue weighted by atomic mass is 9.79. The van der Waals surface area contributed by atoms with Crippen LogP contribution in [-0.4, -0.2) is 41.0 Å². The second kappa shape index (κ2) is 6.69. The molecule has 0 N–H and O–H groups in total. The molecule has 24 heavy (non-hydrogen) atoms. The lowest BCUT2D eigenvalue weighted by molar-refractivity contribution is 0.0849. The summed E-state index contributed by atoms with van der Waals surface area (Å²) in [4.78, 5) is 9.67. The molecule has 2 saturated heterocycles. The van der Waals surface area contributed by atoms with E-state index in [0.29, 0.717) is 5.41 Å². The van der Waals surface area contributed by atoms with Gasteiger partial charge in [0.25, 0.3) is 0 Å². The van der Waals surface area contributed by atoms with Crippen molar-refractivity contribution in [1.82, 2.24) is 14.8 Å². The summed E-state index contributed by atoms with van der Waals surface area (Å²) in [5.41, 5.74) is 1.66. The molecule has 0 aliphatic carbocycles. The van der Waals surface area contributed by atoms with E-state index in [2.05, 4.69) is 39.0 Å². The Morgan fingerprint density at radius 1 is 1.04 bits per heavy atom. The second-order valence-electron chi connectivity index (χ2n) is 7.61. The average Bonchev–Trinajstić information content (AvgIpc) is 3.15. The van der Waals surface area contributed by atoms with Crippen molar-refractivity contribution in [2.45, 2.75) is 39.3 Å². The number of pyridine rings is 1. The van der Waals surface area contributed by atoms with Crippen LogP contribution in [0.1, 0.15) is 36.5 Å². The van der Waals surface area contributed by atoms with Gasteiger partial charge in [0.05, 0.1) is 12.2 Å². The fourth-order valence-electron chi connectivity index (χ4n) is 4.45. The molecular weight excluding hydrogens is 298 g/mol. The van der Waals surface area contributed by atoms with Crippen LogP contribution in [0.25, 0.3) is 0 Å². The minimum absolute atomic E-state index is 0.467. The van der Waals surface area contributed by atoms with E-state index < -0.39 is 0 Å². The standard InChI is InChI=1S/C20H27N3O/c1-17-6-7-19(24-17)14-23-12-9-20(16-23)8-4-11-22(15-20)13-18-5-2-3-10-21-18/h2-3,5-7,10H,4,8-9,11-16H2,1H3/t20-/m0/s1. The lowest BCUT2D eigenvalue weighted by Crippen LogP contribution is -2.44. The predicted octanol–water partition coefficient (Wildman–Crippen LogP) is 3.47. The van der Waals surface area contributed by atoms with Crippen LogP contribution < -0.4 is 0 Å². The summed E-state index contributed by atoms with van der Waals surface area (Å²) >= 11 is 0. The Kier molecular flexibility index (Phi) is 4.42. The topological polar surface area (TPSA) is 32.5 Å². The number of hydrogen-bond acceptors (Lipinski definition) is 4. The maximum absolute atomic E-state index is 5.76. The second-order valence-corrected chi connectivity index (χ2v) is 7.61. The van der Waals surface area contributed by atoms with Crippen LogP contribution in [0.2, 0.25) is 0 Å². The largest absolute Gasteiger partial charge is 0.465 e. The maximum atomic E-state index is 5.76. The molecule has 2 aliphatic heterocycles. The highest BCUT2D eigenvalue weighted by Crippen LogP contribution is 2.39. The summed E-state index contributed by atoms with van der Waals surface area (Å²) < 4.78 is 5.76. The quantitative estimate of drug-likeness (QED) is 0.862. The number of piperidine rings is 1. The van der Waals surface area contributed by atoms with Crippen molar-refractivity contribution in [3.63, 3.8) is 0 Å². The van der Waals surface area contributed by atoms with Gasteiger partial charge in [-0.3, -0.25) is 14.8 Å². The van der Waals surface area contributed by atoms with Gasteiger partial charge in [-0.05, 0) is 69.0 Å². The number of aromatic nitrogens is 1. The first-order chi connectivity index (χ1) is 11.7. The van der Waals surface area contributed by atoms with Gasteiger partial charge in [-0.1, -0.05) is 6.07 Å². The first kappa shape index (κ1) is 15.9. The van der Waals surface area contributed by atoms with Gasteiger partial charge in [0.1, 0.15) is 11.5 Å². The van der Waals surface area contributed by atoms with Crippen LogP contribution in [0, 0.1) is 12.3 Å². The zero-order valence-electron chi connectivity index (χ0n) is 14.6. The minimum atomic E-state index is 0.467. The van der Waals surface area contributed by atoms with Crippen LogP contribution in [0.3, 0.4) is 0 Å². The van der Waals surface area contributed by atoms with E-state index in [-0.39, 0.29) is 0 Å². The van der Waals surface area contributed by atoms with Crippen molar-refractivity contribution < 1.29 is 4.42 Å². The number of hydrogen-bond donors (Lipinski definition) is 0. The van der Waals surface area contributed by atoms with Gasteiger partial charge in [-0.2, -0.15) is 0 Å². The van der Waals surface area contributed by atoms with Gasteiger partial charge in [0.15, 0.2) is 0 Å².